The van der Waals surface area contributed by atoms with Gasteiger partial charge in [-0.3, -0.25) is 9.59 Å². The molecule has 1 saturated carbocycles. The number of urea groups is 1. The van der Waals surface area contributed by atoms with E-state index in [0.29, 0.717) is 35.8 Å². The van der Waals surface area contributed by atoms with Gasteiger partial charge in [-0.05, 0) is 68.4 Å². The van der Waals surface area contributed by atoms with Crippen LogP contribution in [-0.4, -0.2) is 59.1 Å². The van der Waals surface area contributed by atoms with E-state index in [1.807, 2.05) is 38.1 Å². The van der Waals surface area contributed by atoms with E-state index in [-0.39, 0.29) is 30.3 Å². The maximum Gasteiger partial charge on any atom is 0.318 e. The number of nitrogens with zero attached hydrogens (tertiary/aromatic N) is 1. The Morgan fingerprint density at radius 2 is 1.81 bits per heavy atom. The SMILES string of the molecule is CCCOc1ccc(C(=O)C2CCC[C@@H](C)N(C(=O)NC(CO)C(=O)NC3CCCCC3)Cc3ccccc32)c(Cl)c1. The Bertz CT molecular complexity index is 1230. The smallest absolute Gasteiger partial charge is 0.318 e. The molecule has 3 amide bonds. The third kappa shape index (κ3) is 8.04. The summed E-state index contributed by atoms with van der Waals surface area (Å²) >= 11 is 6.58. The topological polar surface area (TPSA) is 108 Å². The largest absolute Gasteiger partial charge is 0.494 e. The standard InChI is InChI=1S/C33H44ClN3O5/c1-3-18-42-25-16-17-28(29(34)19-25)31(39)27-15-9-10-22(2)37(20-23-11-7-8-14-26(23)27)33(41)36-30(21-38)32(40)35-24-12-5-4-6-13-24/h7-8,11,14,16-17,19,22,24,27,30,38H,3-6,9-10,12-13,15,18,20-21H2,1-2H3,(H,35,40)(H,36,41)/t22-,27?,30?/m1/s1. The molecular weight excluding hydrogens is 554 g/mol. The van der Waals surface area contributed by atoms with Crippen molar-refractivity contribution in [3.63, 3.8) is 0 Å². The van der Waals surface area contributed by atoms with Crippen molar-refractivity contribution in [2.75, 3.05) is 13.2 Å². The minimum Gasteiger partial charge on any atom is -0.494 e. The zero-order valence-corrected chi connectivity index (χ0v) is 25.5. The van der Waals surface area contributed by atoms with E-state index in [0.717, 1.165) is 49.7 Å². The number of carbonyl (C=O) groups is 3. The number of ether oxygens (including phenoxy) is 1. The third-order valence-corrected chi connectivity index (χ3v) is 8.74. The number of rotatable bonds is 9. The summed E-state index contributed by atoms with van der Waals surface area (Å²) in [6.07, 6.45) is 8.03. The minimum atomic E-state index is -1.03. The highest BCUT2D eigenvalue weighted by Crippen LogP contribution is 2.35. The molecule has 1 aliphatic carbocycles. The molecule has 0 spiro atoms. The fraction of sp³-hybridized carbons (Fsp3) is 0.545. The molecule has 228 valence electrons. The van der Waals surface area contributed by atoms with Crippen molar-refractivity contribution in [1.82, 2.24) is 15.5 Å². The summed E-state index contributed by atoms with van der Waals surface area (Å²) in [4.78, 5) is 42.1. The molecule has 0 bridgehead atoms. The number of Topliss-reactive ketones (excluding diaryl/α,β-unsaturated/α-hetero) is 1. The van der Waals surface area contributed by atoms with Crippen LogP contribution in [0.15, 0.2) is 42.5 Å². The summed E-state index contributed by atoms with van der Waals surface area (Å²) in [7, 11) is 0. The molecule has 2 aliphatic rings. The van der Waals surface area contributed by atoms with Gasteiger partial charge in [-0.1, -0.05) is 68.5 Å². The number of aliphatic hydroxyl groups is 1. The van der Waals surface area contributed by atoms with Gasteiger partial charge in [0.05, 0.1) is 18.2 Å². The lowest BCUT2D eigenvalue weighted by atomic mass is 9.84. The first-order valence-corrected chi connectivity index (χ1v) is 15.7. The lowest BCUT2D eigenvalue weighted by Gasteiger charge is -2.31. The van der Waals surface area contributed by atoms with Gasteiger partial charge in [-0.25, -0.2) is 4.79 Å². The number of fused-ring (bicyclic) bond motifs is 1. The maximum atomic E-state index is 13.9. The van der Waals surface area contributed by atoms with Crippen LogP contribution in [-0.2, 0) is 11.3 Å². The van der Waals surface area contributed by atoms with Gasteiger partial charge in [0.25, 0.3) is 0 Å². The van der Waals surface area contributed by atoms with E-state index >= 15 is 0 Å². The molecule has 1 aliphatic heterocycles. The van der Waals surface area contributed by atoms with Gasteiger partial charge < -0.3 is 25.4 Å². The highest BCUT2D eigenvalue weighted by atomic mass is 35.5. The fourth-order valence-electron chi connectivity index (χ4n) is 6.00. The Labute approximate surface area is 254 Å². The number of hydrogen-bond acceptors (Lipinski definition) is 5. The number of aliphatic hydroxyl groups excluding tert-OH is 1. The van der Waals surface area contributed by atoms with Crippen molar-refractivity contribution >= 4 is 29.3 Å². The molecule has 2 aromatic carbocycles. The number of carbonyl (C=O) groups excluding carboxylic acids is 3. The Kier molecular flexibility index (Phi) is 11.7. The van der Waals surface area contributed by atoms with Gasteiger partial charge in [0.1, 0.15) is 11.8 Å². The summed E-state index contributed by atoms with van der Waals surface area (Å²) < 4.78 is 5.68. The van der Waals surface area contributed by atoms with E-state index in [4.69, 9.17) is 16.3 Å². The Morgan fingerprint density at radius 3 is 2.52 bits per heavy atom. The molecule has 2 aromatic rings. The van der Waals surface area contributed by atoms with E-state index in [1.165, 1.54) is 6.42 Å². The van der Waals surface area contributed by atoms with Crippen LogP contribution >= 0.6 is 11.6 Å². The molecule has 0 radical (unpaired) electrons. The second-order valence-corrected chi connectivity index (χ2v) is 11.9. The molecule has 3 N–H and O–H groups in total. The fourth-order valence-corrected chi connectivity index (χ4v) is 6.26. The molecule has 42 heavy (non-hydrogen) atoms. The highest BCUT2D eigenvalue weighted by Gasteiger charge is 2.32. The summed E-state index contributed by atoms with van der Waals surface area (Å²) in [5.41, 5.74) is 2.19. The molecule has 3 atom stereocenters. The van der Waals surface area contributed by atoms with Crippen LogP contribution in [0.4, 0.5) is 4.79 Å². The summed E-state index contributed by atoms with van der Waals surface area (Å²) in [6.45, 7) is 4.37. The van der Waals surface area contributed by atoms with E-state index < -0.39 is 24.6 Å². The van der Waals surface area contributed by atoms with Crippen LogP contribution in [0.2, 0.25) is 5.02 Å². The molecular formula is C33H44ClN3O5. The maximum absolute atomic E-state index is 13.9. The lowest BCUT2D eigenvalue weighted by Crippen LogP contribution is -2.55. The molecule has 9 heteroatoms. The van der Waals surface area contributed by atoms with Crippen molar-refractivity contribution < 1.29 is 24.2 Å². The second-order valence-electron chi connectivity index (χ2n) is 11.5. The number of hydrogen-bond donors (Lipinski definition) is 3. The van der Waals surface area contributed by atoms with Crippen LogP contribution in [0.3, 0.4) is 0 Å². The summed E-state index contributed by atoms with van der Waals surface area (Å²) in [5.74, 6) is -0.191. The molecule has 1 fully saturated rings. The zero-order valence-electron chi connectivity index (χ0n) is 24.7. The monoisotopic (exact) mass is 597 g/mol. The predicted octanol–water partition coefficient (Wildman–Crippen LogP) is 5.99. The van der Waals surface area contributed by atoms with E-state index in [9.17, 15) is 19.5 Å². The van der Waals surface area contributed by atoms with Gasteiger partial charge in [-0.2, -0.15) is 0 Å². The second kappa shape index (κ2) is 15.4. The number of halogens is 1. The third-order valence-electron chi connectivity index (χ3n) is 8.42. The first kappa shape index (κ1) is 31.8. The number of ketones is 1. The van der Waals surface area contributed by atoms with Gasteiger partial charge in [0, 0.05) is 30.1 Å². The number of benzene rings is 2. The van der Waals surface area contributed by atoms with Crippen molar-refractivity contribution in [3.05, 3.63) is 64.2 Å². The van der Waals surface area contributed by atoms with Crippen LogP contribution < -0.4 is 15.4 Å². The molecule has 8 nitrogen and oxygen atoms in total. The molecule has 2 unspecified atom stereocenters. The Morgan fingerprint density at radius 1 is 1.05 bits per heavy atom. The van der Waals surface area contributed by atoms with Gasteiger partial charge in [0.2, 0.25) is 5.91 Å². The van der Waals surface area contributed by atoms with Gasteiger partial charge in [-0.15, -0.1) is 0 Å². The molecule has 0 aromatic heterocycles. The average molecular weight is 598 g/mol. The quantitative estimate of drug-likeness (QED) is 0.308. The van der Waals surface area contributed by atoms with Crippen LogP contribution in [0.5, 0.6) is 5.75 Å². The van der Waals surface area contributed by atoms with Crippen molar-refractivity contribution in [1.29, 1.82) is 0 Å². The number of amides is 3. The first-order chi connectivity index (χ1) is 20.3. The van der Waals surface area contributed by atoms with Crippen LogP contribution in [0, 0.1) is 0 Å². The minimum absolute atomic E-state index is 0.0558. The lowest BCUT2D eigenvalue weighted by molar-refractivity contribution is -0.124. The highest BCUT2D eigenvalue weighted by molar-refractivity contribution is 6.34. The van der Waals surface area contributed by atoms with Crippen molar-refractivity contribution in [3.8, 4) is 5.75 Å². The van der Waals surface area contributed by atoms with Crippen molar-refractivity contribution in [2.45, 2.75) is 102 Å². The van der Waals surface area contributed by atoms with Gasteiger partial charge in [0.15, 0.2) is 5.78 Å². The average Bonchev–Trinajstić information content (AvgIpc) is 3.06. The molecule has 0 saturated heterocycles. The van der Waals surface area contributed by atoms with Crippen molar-refractivity contribution in [2.24, 2.45) is 0 Å². The number of nitrogens with one attached hydrogen (secondary N) is 2. The van der Waals surface area contributed by atoms with E-state index in [1.54, 1.807) is 23.1 Å². The molecule has 4 rings (SSSR count). The Balaban J connectivity index is 1.52. The normalized spacial score (nSPS) is 20.3. The zero-order chi connectivity index (χ0) is 30.1. The first-order valence-electron chi connectivity index (χ1n) is 15.3. The molecule has 1 heterocycles. The van der Waals surface area contributed by atoms with E-state index in [2.05, 4.69) is 10.6 Å². The predicted molar refractivity (Wildman–Crippen MR) is 164 cm³/mol. The van der Waals surface area contributed by atoms with Crippen LogP contribution in [0.25, 0.3) is 0 Å². The summed E-state index contributed by atoms with van der Waals surface area (Å²) in [6, 6.07) is 11.4. The summed E-state index contributed by atoms with van der Waals surface area (Å²) in [5, 5.41) is 16.1. The van der Waals surface area contributed by atoms with Gasteiger partial charge >= 0.3 is 6.03 Å². The van der Waals surface area contributed by atoms with Crippen LogP contribution in [0.1, 0.15) is 99.0 Å². The Hall–Kier alpha value is -3.10.